The molecule has 1 aromatic heterocycles. The number of fused-ring (bicyclic) bond motifs is 1. The lowest BCUT2D eigenvalue weighted by Crippen LogP contribution is -2.38. The third-order valence-corrected chi connectivity index (χ3v) is 6.48. The molecule has 0 bridgehead atoms. The molecule has 1 heterocycles. The van der Waals surface area contributed by atoms with Gasteiger partial charge in [-0.05, 0) is 23.8 Å². The number of nitrogens with zero attached hydrogens (tertiary/aromatic N) is 3. The second-order valence-electron chi connectivity index (χ2n) is 5.52. The summed E-state index contributed by atoms with van der Waals surface area (Å²) in [6.45, 7) is -0.0985. The number of carbonyl (C=O) groups excluding carboxylic acids is 1. The first-order valence-corrected chi connectivity index (χ1v) is 10.1. The minimum Gasteiger partial charge on any atom is -0.351 e. The van der Waals surface area contributed by atoms with Crippen molar-refractivity contribution in [2.45, 2.75) is 11.4 Å². The Kier molecular flexibility index (Phi) is 5.52. The molecule has 0 saturated heterocycles. The van der Waals surface area contributed by atoms with Crippen LogP contribution in [0.1, 0.15) is 5.56 Å². The first-order valence-electron chi connectivity index (χ1n) is 7.57. The Balaban J connectivity index is 1.70. The second-order valence-corrected chi connectivity index (χ2v) is 8.47. The zero-order valence-electron chi connectivity index (χ0n) is 13.7. The molecule has 3 aromatic rings. The number of amides is 1. The first kappa shape index (κ1) is 18.7. The van der Waals surface area contributed by atoms with Gasteiger partial charge in [0.2, 0.25) is 15.9 Å². The number of sulfonamides is 1. The van der Waals surface area contributed by atoms with Crippen molar-refractivity contribution in [3.8, 4) is 0 Å². The van der Waals surface area contributed by atoms with Crippen LogP contribution in [-0.2, 0) is 21.4 Å². The van der Waals surface area contributed by atoms with Crippen molar-refractivity contribution in [3.63, 3.8) is 0 Å². The summed E-state index contributed by atoms with van der Waals surface area (Å²) in [6, 6.07) is 11.9. The number of halogens is 1. The highest BCUT2D eigenvalue weighted by Crippen LogP contribution is 2.23. The summed E-state index contributed by atoms with van der Waals surface area (Å²) in [5.41, 5.74) is 1.57. The van der Waals surface area contributed by atoms with Crippen LogP contribution < -0.4 is 5.32 Å². The molecule has 0 aliphatic heterocycles. The Morgan fingerprint density at radius 3 is 2.73 bits per heavy atom. The quantitative estimate of drug-likeness (QED) is 0.673. The first-order chi connectivity index (χ1) is 12.4. The molecule has 3 rings (SSSR count). The van der Waals surface area contributed by atoms with Crippen molar-refractivity contribution in [1.82, 2.24) is 18.4 Å². The number of rotatable bonds is 6. The van der Waals surface area contributed by atoms with Crippen LogP contribution in [0.3, 0.4) is 0 Å². The highest BCUT2D eigenvalue weighted by atomic mass is 35.5. The van der Waals surface area contributed by atoms with E-state index in [1.807, 2.05) is 6.07 Å². The van der Waals surface area contributed by atoms with E-state index in [2.05, 4.69) is 14.1 Å². The molecule has 0 radical (unpaired) electrons. The molecule has 0 spiro atoms. The van der Waals surface area contributed by atoms with Gasteiger partial charge in [0.15, 0.2) is 0 Å². The molecule has 2 aromatic carbocycles. The predicted molar refractivity (Wildman–Crippen MR) is 101 cm³/mol. The molecule has 136 valence electrons. The van der Waals surface area contributed by atoms with Gasteiger partial charge >= 0.3 is 0 Å². The van der Waals surface area contributed by atoms with Gasteiger partial charge in [-0.25, -0.2) is 8.42 Å². The Labute approximate surface area is 160 Å². The van der Waals surface area contributed by atoms with Gasteiger partial charge in [-0.15, -0.1) is 0 Å². The van der Waals surface area contributed by atoms with Crippen molar-refractivity contribution >= 4 is 50.3 Å². The van der Waals surface area contributed by atoms with E-state index in [-0.39, 0.29) is 18.0 Å². The van der Waals surface area contributed by atoms with Crippen molar-refractivity contribution in [2.75, 3.05) is 13.6 Å². The van der Waals surface area contributed by atoms with Crippen molar-refractivity contribution in [3.05, 3.63) is 53.1 Å². The van der Waals surface area contributed by atoms with Gasteiger partial charge in [-0.1, -0.05) is 35.9 Å². The van der Waals surface area contributed by atoms with Crippen molar-refractivity contribution < 1.29 is 13.2 Å². The van der Waals surface area contributed by atoms with Crippen LogP contribution in [0.15, 0.2) is 47.4 Å². The molecule has 7 nitrogen and oxygen atoms in total. The minimum atomic E-state index is -3.87. The highest BCUT2D eigenvalue weighted by molar-refractivity contribution is 7.89. The fourth-order valence-corrected chi connectivity index (χ4v) is 4.41. The summed E-state index contributed by atoms with van der Waals surface area (Å²) in [5.74, 6) is -0.431. The van der Waals surface area contributed by atoms with E-state index >= 15 is 0 Å². The average Bonchev–Trinajstić information content (AvgIpc) is 3.09. The maximum atomic E-state index is 12.8. The molecule has 0 unspecified atom stereocenters. The van der Waals surface area contributed by atoms with E-state index < -0.39 is 15.9 Å². The van der Waals surface area contributed by atoms with E-state index in [0.29, 0.717) is 16.1 Å². The second kappa shape index (κ2) is 7.67. The van der Waals surface area contributed by atoms with E-state index in [1.165, 1.54) is 13.1 Å². The van der Waals surface area contributed by atoms with E-state index in [4.69, 9.17) is 11.6 Å². The Morgan fingerprint density at radius 1 is 1.19 bits per heavy atom. The van der Waals surface area contributed by atoms with Crippen LogP contribution in [0.5, 0.6) is 0 Å². The van der Waals surface area contributed by atoms with Gasteiger partial charge in [0.1, 0.15) is 15.9 Å². The molecule has 0 fully saturated rings. The van der Waals surface area contributed by atoms with Gasteiger partial charge in [-0.2, -0.15) is 13.1 Å². The zero-order valence-corrected chi connectivity index (χ0v) is 16.1. The van der Waals surface area contributed by atoms with Crippen LogP contribution in [0.4, 0.5) is 0 Å². The van der Waals surface area contributed by atoms with Crippen LogP contribution in [0.2, 0.25) is 5.02 Å². The summed E-state index contributed by atoms with van der Waals surface area (Å²) < 4.78 is 34.6. The number of aromatic nitrogens is 2. The van der Waals surface area contributed by atoms with E-state index in [1.54, 1.807) is 30.3 Å². The normalized spacial score (nSPS) is 11.8. The number of hydrogen-bond acceptors (Lipinski definition) is 6. The van der Waals surface area contributed by atoms with Crippen LogP contribution >= 0.6 is 23.3 Å². The van der Waals surface area contributed by atoms with Crippen LogP contribution in [0, 0.1) is 0 Å². The molecule has 0 atom stereocenters. The number of nitrogens with one attached hydrogen (secondary N) is 1. The van der Waals surface area contributed by atoms with Gasteiger partial charge in [0, 0.05) is 18.6 Å². The Bertz CT molecular complexity index is 1050. The summed E-state index contributed by atoms with van der Waals surface area (Å²) in [6.07, 6.45) is 0. The Hall–Kier alpha value is -2.07. The van der Waals surface area contributed by atoms with Crippen LogP contribution in [-0.4, -0.2) is 41.0 Å². The Morgan fingerprint density at radius 2 is 1.96 bits per heavy atom. The van der Waals surface area contributed by atoms with Gasteiger partial charge in [0.05, 0.1) is 18.3 Å². The summed E-state index contributed by atoms with van der Waals surface area (Å²) in [4.78, 5) is 12.2. The molecule has 0 aliphatic rings. The third kappa shape index (κ3) is 3.85. The van der Waals surface area contributed by atoms with E-state index in [9.17, 15) is 13.2 Å². The molecule has 0 aliphatic carbocycles. The van der Waals surface area contributed by atoms with Gasteiger partial charge in [0.25, 0.3) is 0 Å². The summed E-state index contributed by atoms with van der Waals surface area (Å²) >= 11 is 6.98. The fraction of sp³-hybridized carbons (Fsp3) is 0.188. The van der Waals surface area contributed by atoms with E-state index in [0.717, 1.165) is 21.6 Å². The zero-order chi connectivity index (χ0) is 18.7. The molecule has 10 heteroatoms. The van der Waals surface area contributed by atoms with Crippen molar-refractivity contribution in [1.29, 1.82) is 0 Å². The smallest absolute Gasteiger partial charge is 0.245 e. The number of benzene rings is 2. The van der Waals surface area contributed by atoms with Gasteiger partial charge < -0.3 is 5.32 Å². The molecule has 0 saturated carbocycles. The number of carbonyl (C=O) groups is 1. The topological polar surface area (TPSA) is 92.3 Å². The number of hydrogen-bond donors (Lipinski definition) is 1. The SMILES string of the molecule is CN(CC(=O)NCc1ccccc1Cl)S(=O)(=O)c1cccc2nsnc12. The fourth-order valence-electron chi connectivity index (χ4n) is 2.34. The standard InChI is InChI=1S/C16H15ClN4O3S2/c1-21(10-15(22)18-9-11-5-2-3-6-12(11)17)26(23,24)14-8-4-7-13-16(14)20-25-19-13/h2-8H,9-10H2,1H3,(H,18,22). The number of likely N-dealkylation sites (N-methyl/N-ethyl adjacent to an activating group) is 1. The minimum absolute atomic E-state index is 0.0325. The summed E-state index contributed by atoms with van der Waals surface area (Å²) in [7, 11) is -2.52. The molecular formula is C16H15ClN4O3S2. The average molecular weight is 411 g/mol. The highest BCUT2D eigenvalue weighted by Gasteiger charge is 2.26. The lowest BCUT2D eigenvalue weighted by atomic mass is 10.2. The maximum absolute atomic E-state index is 12.8. The molecule has 1 N–H and O–H groups in total. The largest absolute Gasteiger partial charge is 0.351 e. The van der Waals surface area contributed by atoms with Crippen LogP contribution in [0.25, 0.3) is 11.0 Å². The van der Waals surface area contributed by atoms with Gasteiger partial charge in [-0.3, -0.25) is 4.79 Å². The molecule has 26 heavy (non-hydrogen) atoms. The maximum Gasteiger partial charge on any atom is 0.245 e. The molecule has 1 amide bonds. The predicted octanol–water partition coefficient (Wildman–Crippen LogP) is 2.28. The lowest BCUT2D eigenvalue weighted by Gasteiger charge is -2.17. The van der Waals surface area contributed by atoms with Crippen molar-refractivity contribution in [2.24, 2.45) is 0 Å². The lowest BCUT2D eigenvalue weighted by molar-refractivity contribution is -0.121. The summed E-state index contributed by atoms with van der Waals surface area (Å²) in [5, 5.41) is 3.21. The third-order valence-electron chi connectivity index (χ3n) is 3.74. The molecular weight excluding hydrogens is 396 g/mol. The monoisotopic (exact) mass is 410 g/mol.